The number of rotatable bonds is 2. The highest BCUT2D eigenvalue weighted by Gasteiger charge is 2.26. The molecule has 0 saturated heterocycles. The van der Waals surface area contributed by atoms with Gasteiger partial charge in [-0.05, 0) is 37.0 Å². The molecule has 0 aromatic heterocycles. The fraction of sp³-hybridized carbons (Fsp3) is 0.417. The van der Waals surface area contributed by atoms with Gasteiger partial charge in [0.25, 0.3) is 5.91 Å². The maximum Gasteiger partial charge on any atom is 0.251 e. The number of hydrogen-bond donors (Lipinski definition) is 2. The van der Waals surface area contributed by atoms with Crippen molar-refractivity contribution in [2.75, 3.05) is 5.73 Å². The molecule has 0 heterocycles. The molecule has 0 unspecified atom stereocenters. The highest BCUT2D eigenvalue weighted by molar-refractivity contribution is 5.94. The summed E-state index contributed by atoms with van der Waals surface area (Å²) in [5, 5.41) is 2.86. The number of halogens is 1. The minimum atomic E-state index is -0.547. The van der Waals surface area contributed by atoms with E-state index in [1.54, 1.807) is 0 Å². The van der Waals surface area contributed by atoms with E-state index in [0.717, 1.165) is 12.8 Å². The van der Waals surface area contributed by atoms with Gasteiger partial charge in [0.05, 0.1) is 5.69 Å². The Hall–Kier alpha value is -1.58. The molecule has 0 radical (unpaired) electrons. The molecule has 0 aliphatic heterocycles. The number of carbonyl (C=O) groups excluding carboxylic acids is 1. The lowest BCUT2D eigenvalue weighted by atomic mass is 9.82. The highest BCUT2D eigenvalue weighted by Crippen LogP contribution is 2.26. The van der Waals surface area contributed by atoms with E-state index in [9.17, 15) is 9.18 Å². The molecule has 1 saturated carbocycles. The molecule has 3 N–H and O–H groups in total. The van der Waals surface area contributed by atoms with Crippen molar-refractivity contribution in [3.8, 4) is 0 Å². The van der Waals surface area contributed by atoms with Gasteiger partial charge in [0.2, 0.25) is 0 Å². The van der Waals surface area contributed by atoms with Crippen LogP contribution < -0.4 is 11.1 Å². The van der Waals surface area contributed by atoms with Crippen LogP contribution in [0.2, 0.25) is 0 Å². The average Bonchev–Trinajstić information content (AvgIpc) is 2.19. The SMILES string of the molecule is CC1CC(NC(=O)c2ccc(N)c(F)c2)C1. The van der Waals surface area contributed by atoms with Gasteiger partial charge in [0.1, 0.15) is 5.82 Å². The Kier molecular flexibility index (Phi) is 2.81. The van der Waals surface area contributed by atoms with Gasteiger partial charge < -0.3 is 11.1 Å². The minimum Gasteiger partial charge on any atom is -0.396 e. The Balaban J connectivity index is 2.01. The van der Waals surface area contributed by atoms with E-state index in [0.29, 0.717) is 11.5 Å². The van der Waals surface area contributed by atoms with Crippen LogP contribution >= 0.6 is 0 Å². The van der Waals surface area contributed by atoms with Crippen molar-refractivity contribution >= 4 is 11.6 Å². The molecule has 0 atom stereocenters. The predicted molar refractivity (Wildman–Crippen MR) is 60.5 cm³/mol. The van der Waals surface area contributed by atoms with Crippen LogP contribution in [0.4, 0.5) is 10.1 Å². The molecule has 1 aliphatic rings. The normalized spacial score (nSPS) is 23.6. The van der Waals surface area contributed by atoms with Crippen LogP contribution in [0.1, 0.15) is 30.1 Å². The maximum absolute atomic E-state index is 13.1. The fourth-order valence-electron chi connectivity index (χ4n) is 1.96. The third kappa shape index (κ3) is 2.15. The summed E-state index contributed by atoms with van der Waals surface area (Å²) in [6.07, 6.45) is 2.01. The van der Waals surface area contributed by atoms with Crippen LogP contribution in [0.3, 0.4) is 0 Å². The number of carbonyl (C=O) groups is 1. The van der Waals surface area contributed by atoms with Crippen molar-refractivity contribution < 1.29 is 9.18 Å². The second-order valence-corrected chi connectivity index (χ2v) is 4.48. The second-order valence-electron chi connectivity index (χ2n) is 4.48. The van der Waals surface area contributed by atoms with Gasteiger partial charge in [-0.2, -0.15) is 0 Å². The van der Waals surface area contributed by atoms with Gasteiger partial charge in [0.15, 0.2) is 0 Å². The van der Waals surface area contributed by atoms with Gasteiger partial charge in [0, 0.05) is 11.6 Å². The lowest BCUT2D eigenvalue weighted by Crippen LogP contribution is -2.43. The van der Waals surface area contributed by atoms with Crippen LogP contribution in [-0.2, 0) is 0 Å². The first kappa shape index (κ1) is 10.9. The summed E-state index contributed by atoms with van der Waals surface area (Å²) in [4.78, 5) is 11.7. The summed E-state index contributed by atoms with van der Waals surface area (Å²) in [5.41, 5.74) is 5.73. The van der Waals surface area contributed by atoms with Crippen LogP contribution in [0.15, 0.2) is 18.2 Å². The summed E-state index contributed by atoms with van der Waals surface area (Å²) in [6.45, 7) is 2.14. The predicted octanol–water partition coefficient (Wildman–Crippen LogP) is 1.94. The molecule has 0 bridgehead atoms. The first-order chi connectivity index (χ1) is 7.56. The zero-order valence-corrected chi connectivity index (χ0v) is 9.16. The number of benzene rings is 1. The summed E-state index contributed by atoms with van der Waals surface area (Å²) < 4.78 is 13.1. The standard InChI is InChI=1S/C12H15FN2O/c1-7-4-9(5-7)15-12(16)8-2-3-11(14)10(13)6-8/h2-3,6-7,9H,4-5,14H2,1H3,(H,15,16). The number of nitrogens with two attached hydrogens (primary N) is 1. The molecule has 1 aromatic rings. The summed E-state index contributed by atoms with van der Waals surface area (Å²) in [6, 6.07) is 4.36. The van der Waals surface area contributed by atoms with Crippen molar-refractivity contribution in [3.63, 3.8) is 0 Å². The van der Waals surface area contributed by atoms with E-state index in [1.165, 1.54) is 18.2 Å². The smallest absolute Gasteiger partial charge is 0.251 e. The van der Waals surface area contributed by atoms with E-state index in [2.05, 4.69) is 12.2 Å². The monoisotopic (exact) mass is 222 g/mol. The first-order valence-electron chi connectivity index (χ1n) is 5.42. The quantitative estimate of drug-likeness (QED) is 0.751. The van der Waals surface area contributed by atoms with Crippen LogP contribution in [0.25, 0.3) is 0 Å². The molecule has 4 heteroatoms. The molecule has 86 valence electrons. The highest BCUT2D eigenvalue weighted by atomic mass is 19.1. The van der Waals surface area contributed by atoms with Crippen molar-refractivity contribution in [2.24, 2.45) is 5.92 Å². The number of anilines is 1. The molecule has 1 amide bonds. The number of nitrogen functional groups attached to an aromatic ring is 1. The van der Waals surface area contributed by atoms with Gasteiger partial charge in [-0.1, -0.05) is 6.92 Å². The van der Waals surface area contributed by atoms with E-state index < -0.39 is 5.82 Å². The maximum atomic E-state index is 13.1. The van der Waals surface area contributed by atoms with E-state index in [1.807, 2.05) is 0 Å². The molecule has 1 aromatic carbocycles. The zero-order valence-electron chi connectivity index (χ0n) is 9.16. The van der Waals surface area contributed by atoms with Crippen LogP contribution in [-0.4, -0.2) is 11.9 Å². The Morgan fingerprint density at radius 3 is 2.75 bits per heavy atom. The van der Waals surface area contributed by atoms with E-state index in [-0.39, 0.29) is 17.6 Å². The van der Waals surface area contributed by atoms with E-state index >= 15 is 0 Å². The second kappa shape index (κ2) is 4.12. The zero-order chi connectivity index (χ0) is 11.7. The molecule has 1 fully saturated rings. The molecular weight excluding hydrogens is 207 g/mol. The first-order valence-corrected chi connectivity index (χ1v) is 5.42. The third-order valence-electron chi connectivity index (χ3n) is 2.97. The van der Waals surface area contributed by atoms with Gasteiger partial charge >= 0.3 is 0 Å². The van der Waals surface area contributed by atoms with Crippen molar-refractivity contribution in [3.05, 3.63) is 29.6 Å². The fourth-order valence-corrected chi connectivity index (χ4v) is 1.96. The van der Waals surface area contributed by atoms with Crippen molar-refractivity contribution in [1.82, 2.24) is 5.32 Å². The van der Waals surface area contributed by atoms with Crippen LogP contribution in [0, 0.1) is 11.7 Å². The molecule has 16 heavy (non-hydrogen) atoms. The molecule has 3 nitrogen and oxygen atoms in total. The number of amides is 1. The van der Waals surface area contributed by atoms with Crippen molar-refractivity contribution in [2.45, 2.75) is 25.8 Å². The summed E-state index contributed by atoms with van der Waals surface area (Å²) >= 11 is 0. The van der Waals surface area contributed by atoms with Crippen LogP contribution in [0.5, 0.6) is 0 Å². The summed E-state index contributed by atoms with van der Waals surface area (Å²) in [5.74, 6) is -0.0983. The Morgan fingerprint density at radius 1 is 1.50 bits per heavy atom. The summed E-state index contributed by atoms with van der Waals surface area (Å²) in [7, 11) is 0. The minimum absolute atomic E-state index is 0.0637. The van der Waals surface area contributed by atoms with Gasteiger partial charge in [-0.15, -0.1) is 0 Å². The van der Waals surface area contributed by atoms with Gasteiger partial charge in [-0.25, -0.2) is 4.39 Å². The molecule has 1 aliphatic carbocycles. The topological polar surface area (TPSA) is 55.1 Å². The largest absolute Gasteiger partial charge is 0.396 e. The molecule has 2 rings (SSSR count). The Bertz CT molecular complexity index is 413. The molecule has 0 spiro atoms. The lowest BCUT2D eigenvalue weighted by Gasteiger charge is -2.33. The third-order valence-corrected chi connectivity index (χ3v) is 2.97. The van der Waals surface area contributed by atoms with Crippen molar-refractivity contribution in [1.29, 1.82) is 0 Å². The number of hydrogen-bond acceptors (Lipinski definition) is 2. The van der Waals surface area contributed by atoms with E-state index in [4.69, 9.17) is 5.73 Å². The Labute approximate surface area is 93.8 Å². The molecular formula is C12H15FN2O. The van der Waals surface area contributed by atoms with Gasteiger partial charge in [-0.3, -0.25) is 4.79 Å². The lowest BCUT2D eigenvalue weighted by molar-refractivity contribution is 0.0895. The Morgan fingerprint density at radius 2 is 2.19 bits per heavy atom. The average molecular weight is 222 g/mol. The number of nitrogens with one attached hydrogen (secondary N) is 1.